The van der Waals surface area contributed by atoms with Gasteiger partial charge in [-0.15, -0.1) is 0 Å². The molecule has 2 N–H and O–H groups in total. The highest BCUT2D eigenvalue weighted by molar-refractivity contribution is 5.50. The highest BCUT2D eigenvalue weighted by atomic mass is 16.5. The quantitative estimate of drug-likeness (QED) is 0.814. The average Bonchev–Trinajstić information content (AvgIpc) is 2.58. The minimum atomic E-state index is 0.450. The van der Waals surface area contributed by atoms with Gasteiger partial charge in [0.15, 0.2) is 11.6 Å². The van der Waals surface area contributed by atoms with E-state index in [2.05, 4.69) is 15.6 Å². The summed E-state index contributed by atoms with van der Waals surface area (Å²) < 4.78 is 5.27. The zero-order valence-electron chi connectivity index (χ0n) is 9.70. The van der Waals surface area contributed by atoms with Gasteiger partial charge in [-0.1, -0.05) is 6.42 Å². The summed E-state index contributed by atoms with van der Waals surface area (Å²) in [6.45, 7) is 2.12. The van der Waals surface area contributed by atoms with Crippen LogP contribution < -0.4 is 15.4 Å². The lowest BCUT2D eigenvalue weighted by Crippen LogP contribution is -2.31. The van der Waals surface area contributed by atoms with E-state index >= 15 is 0 Å². The van der Waals surface area contributed by atoms with E-state index in [0.29, 0.717) is 6.04 Å². The second kappa shape index (κ2) is 5.70. The van der Waals surface area contributed by atoms with Crippen molar-refractivity contribution in [3.63, 3.8) is 0 Å². The molecule has 16 heavy (non-hydrogen) atoms. The molecule has 0 bridgehead atoms. The van der Waals surface area contributed by atoms with Crippen LogP contribution in [0.2, 0.25) is 0 Å². The molecular weight excluding hydrogens is 202 g/mol. The molecular formula is C12H19N3O. The van der Waals surface area contributed by atoms with E-state index in [1.807, 2.05) is 12.1 Å². The SMILES string of the molecule is COc1cccnc1NC1CCCCNC1. The van der Waals surface area contributed by atoms with Crippen molar-refractivity contribution in [3.8, 4) is 5.75 Å². The van der Waals surface area contributed by atoms with Gasteiger partial charge in [0.05, 0.1) is 7.11 Å². The topological polar surface area (TPSA) is 46.2 Å². The maximum absolute atomic E-state index is 5.27. The normalized spacial score (nSPS) is 21.2. The summed E-state index contributed by atoms with van der Waals surface area (Å²) in [5.41, 5.74) is 0. The van der Waals surface area contributed by atoms with Crippen molar-refractivity contribution in [2.75, 3.05) is 25.5 Å². The maximum atomic E-state index is 5.27. The van der Waals surface area contributed by atoms with Crippen molar-refractivity contribution in [1.82, 2.24) is 10.3 Å². The van der Waals surface area contributed by atoms with Crippen LogP contribution in [0.25, 0.3) is 0 Å². The zero-order valence-corrected chi connectivity index (χ0v) is 9.70. The minimum absolute atomic E-state index is 0.450. The molecule has 88 valence electrons. The Kier molecular flexibility index (Phi) is 3.99. The Hall–Kier alpha value is -1.29. The monoisotopic (exact) mass is 221 g/mol. The van der Waals surface area contributed by atoms with Gasteiger partial charge in [-0.25, -0.2) is 4.98 Å². The number of methoxy groups -OCH3 is 1. The van der Waals surface area contributed by atoms with Crippen molar-refractivity contribution in [1.29, 1.82) is 0 Å². The minimum Gasteiger partial charge on any atom is -0.493 e. The Balaban J connectivity index is 2.01. The third-order valence-corrected chi connectivity index (χ3v) is 2.88. The van der Waals surface area contributed by atoms with Gasteiger partial charge >= 0.3 is 0 Å². The Morgan fingerprint density at radius 3 is 3.31 bits per heavy atom. The van der Waals surface area contributed by atoms with Gasteiger partial charge in [0.1, 0.15) is 0 Å². The Morgan fingerprint density at radius 2 is 2.44 bits per heavy atom. The van der Waals surface area contributed by atoms with Crippen LogP contribution in [0, 0.1) is 0 Å². The molecule has 0 aromatic carbocycles. The van der Waals surface area contributed by atoms with Crippen LogP contribution >= 0.6 is 0 Å². The lowest BCUT2D eigenvalue weighted by Gasteiger charge is -2.18. The van der Waals surface area contributed by atoms with E-state index in [1.54, 1.807) is 13.3 Å². The molecule has 0 aliphatic carbocycles. The van der Waals surface area contributed by atoms with Gasteiger partial charge in [0.2, 0.25) is 0 Å². The van der Waals surface area contributed by atoms with Crippen LogP contribution in [0.5, 0.6) is 5.75 Å². The fraction of sp³-hybridized carbons (Fsp3) is 0.583. The van der Waals surface area contributed by atoms with Crippen LogP contribution in [0.4, 0.5) is 5.82 Å². The first-order valence-electron chi connectivity index (χ1n) is 5.86. The first kappa shape index (κ1) is 11.2. The zero-order chi connectivity index (χ0) is 11.2. The largest absolute Gasteiger partial charge is 0.493 e. The number of nitrogens with zero attached hydrogens (tertiary/aromatic N) is 1. The summed E-state index contributed by atoms with van der Waals surface area (Å²) in [6.07, 6.45) is 5.50. The van der Waals surface area contributed by atoms with Gasteiger partial charge < -0.3 is 15.4 Å². The van der Waals surface area contributed by atoms with Gasteiger partial charge in [-0.2, -0.15) is 0 Å². The van der Waals surface area contributed by atoms with Gasteiger partial charge in [-0.05, 0) is 31.5 Å². The molecule has 1 aromatic rings. The molecule has 1 saturated heterocycles. The fourth-order valence-corrected chi connectivity index (χ4v) is 2.00. The van der Waals surface area contributed by atoms with Gasteiger partial charge in [0.25, 0.3) is 0 Å². The summed E-state index contributed by atoms with van der Waals surface area (Å²) in [5.74, 6) is 1.66. The van der Waals surface area contributed by atoms with E-state index in [9.17, 15) is 0 Å². The molecule has 0 saturated carbocycles. The molecule has 1 fully saturated rings. The number of hydrogen-bond donors (Lipinski definition) is 2. The molecule has 0 amide bonds. The van der Waals surface area contributed by atoms with E-state index in [1.165, 1.54) is 19.3 Å². The Bertz CT molecular complexity index is 322. The molecule has 4 heteroatoms. The molecule has 1 aliphatic rings. The Morgan fingerprint density at radius 1 is 1.50 bits per heavy atom. The summed E-state index contributed by atoms with van der Waals surface area (Å²) in [4.78, 5) is 4.31. The third-order valence-electron chi connectivity index (χ3n) is 2.88. The van der Waals surface area contributed by atoms with Crippen molar-refractivity contribution in [3.05, 3.63) is 18.3 Å². The summed E-state index contributed by atoms with van der Waals surface area (Å²) >= 11 is 0. The maximum Gasteiger partial charge on any atom is 0.168 e. The smallest absolute Gasteiger partial charge is 0.168 e. The molecule has 1 aliphatic heterocycles. The molecule has 0 spiro atoms. The average molecular weight is 221 g/mol. The van der Waals surface area contributed by atoms with Gasteiger partial charge in [-0.3, -0.25) is 0 Å². The van der Waals surface area contributed by atoms with Crippen molar-refractivity contribution in [2.45, 2.75) is 25.3 Å². The first-order chi connectivity index (χ1) is 7.90. The van der Waals surface area contributed by atoms with Crippen LogP contribution in [0.1, 0.15) is 19.3 Å². The highest BCUT2D eigenvalue weighted by Gasteiger charge is 2.13. The second-order valence-corrected chi connectivity index (χ2v) is 4.10. The number of aromatic nitrogens is 1. The van der Waals surface area contributed by atoms with Crippen LogP contribution in [-0.2, 0) is 0 Å². The number of hydrogen-bond acceptors (Lipinski definition) is 4. The molecule has 0 radical (unpaired) electrons. The van der Waals surface area contributed by atoms with E-state index in [0.717, 1.165) is 24.7 Å². The number of nitrogens with one attached hydrogen (secondary N) is 2. The highest BCUT2D eigenvalue weighted by Crippen LogP contribution is 2.22. The Labute approximate surface area is 96.4 Å². The van der Waals surface area contributed by atoms with Gasteiger partial charge in [0, 0.05) is 18.8 Å². The molecule has 2 rings (SSSR count). The molecule has 4 nitrogen and oxygen atoms in total. The number of anilines is 1. The van der Waals surface area contributed by atoms with Crippen LogP contribution in [0.15, 0.2) is 18.3 Å². The number of rotatable bonds is 3. The predicted octanol–water partition coefficient (Wildman–Crippen LogP) is 1.64. The standard InChI is InChI=1S/C12H19N3O/c1-16-11-6-4-8-14-12(11)15-10-5-2-3-7-13-9-10/h4,6,8,10,13H,2-3,5,7,9H2,1H3,(H,14,15). The summed E-state index contributed by atoms with van der Waals surface area (Å²) in [5, 5.41) is 6.87. The lowest BCUT2D eigenvalue weighted by molar-refractivity contribution is 0.414. The van der Waals surface area contributed by atoms with Crippen LogP contribution in [-0.4, -0.2) is 31.2 Å². The van der Waals surface area contributed by atoms with E-state index < -0.39 is 0 Å². The molecule has 1 unspecified atom stereocenters. The number of ether oxygens (including phenoxy) is 1. The lowest BCUT2D eigenvalue weighted by atomic mass is 10.1. The molecule has 2 heterocycles. The summed E-state index contributed by atoms with van der Waals surface area (Å²) in [6, 6.07) is 4.26. The first-order valence-corrected chi connectivity index (χ1v) is 5.86. The third kappa shape index (κ3) is 2.85. The second-order valence-electron chi connectivity index (χ2n) is 4.10. The number of pyridine rings is 1. The summed E-state index contributed by atoms with van der Waals surface area (Å²) in [7, 11) is 1.67. The fourth-order valence-electron chi connectivity index (χ4n) is 2.00. The van der Waals surface area contributed by atoms with Crippen molar-refractivity contribution in [2.24, 2.45) is 0 Å². The van der Waals surface area contributed by atoms with E-state index in [-0.39, 0.29) is 0 Å². The van der Waals surface area contributed by atoms with Crippen LogP contribution in [0.3, 0.4) is 0 Å². The molecule has 1 atom stereocenters. The van der Waals surface area contributed by atoms with Crippen molar-refractivity contribution < 1.29 is 4.74 Å². The molecule has 1 aromatic heterocycles. The predicted molar refractivity (Wildman–Crippen MR) is 64.9 cm³/mol. The van der Waals surface area contributed by atoms with Crippen molar-refractivity contribution >= 4 is 5.82 Å². The van der Waals surface area contributed by atoms with E-state index in [4.69, 9.17) is 4.74 Å².